The molecule has 2 nitrogen and oxygen atoms in total. The van der Waals surface area contributed by atoms with Crippen molar-refractivity contribution in [1.82, 2.24) is 4.90 Å². The van der Waals surface area contributed by atoms with Crippen LogP contribution in [0.4, 0.5) is 8.78 Å². The van der Waals surface area contributed by atoms with Crippen LogP contribution in [0.3, 0.4) is 0 Å². The number of hydrogen-bond donors (Lipinski definition) is 0. The SMILES string of the molecule is CN(Cc1c(F)cccc1Cl)[C@@H]1COC[C@H]1c1ccc(F)cc1. The predicted octanol–water partition coefficient (Wildman–Crippen LogP) is 4.23. The van der Waals surface area contributed by atoms with Gasteiger partial charge in [-0.05, 0) is 36.9 Å². The quantitative estimate of drug-likeness (QED) is 0.827. The number of rotatable bonds is 4. The van der Waals surface area contributed by atoms with E-state index >= 15 is 0 Å². The number of likely N-dealkylation sites (N-methyl/N-ethyl adjacent to an activating group) is 1. The first-order valence-corrected chi connectivity index (χ1v) is 7.90. The van der Waals surface area contributed by atoms with Gasteiger partial charge in [-0.25, -0.2) is 8.78 Å². The lowest BCUT2D eigenvalue weighted by atomic mass is 9.93. The summed E-state index contributed by atoms with van der Waals surface area (Å²) in [6.45, 7) is 1.54. The van der Waals surface area contributed by atoms with Crippen molar-refractivity contribution in [3.8, 4) is 0 Å². The fourth-order valence-electron chi connectivity index (χ4n) is 3.06. The van der Waals surface area contributed by atoms with Crippen molar-refractivity contribution in [3.05, 3.63) is 70.2 Å². The van der Waals surface area contributed by atoms with Crippen LogP contribution in [-0.2, 0) is 11.3 Å². The van der Waals surface area contributed by atoms with Gasteiger partial charge >= 0.3 is 0 Å². The van der Waals surface area contributed by atoms with E-state index in [-0.39, 0.29) is 23.6 Å². The Bertz CT molecular complexity index is 657. The third kappa shape index (κ3) is 3.55. The normalized spacial score (nSPS) is 21.1. The van der Waals surface area contributed by atoms with Crippen LogP contribution in [0, 0.1) is 11.6 Å². The molecule has 23 heavy (non-hydrogen) atoms. The number of hydrogen-bond acceptors (Lipinski definition) is 2. The largest absolute Gasteiger partial charge is 0.379 e. The van der Waals surface area contributed by atoms with Crippen LogP contribution in [0.15, 0.2) is 42.5 Å². The summed E-state index contributed by atoms with van der Waals surface area (Å²) >= 11 is 6.11. The van der Waals surface area contributed by atoms with Gasteiger partial charge in [0, 0.05) is 29.1 Å². The van der Waals surface area contributed by atoms with Gasteiger partial charge in [-0.1, -0.05) is 29.8 Å². The average molecular weight is 338 g/mol. The molecule has 0 unspecified atom stereocenters. The molecule has 2 aromatic carbocycles. The maximum atomic E-state index is 14.0. The minimum absolute atomic E-state index is 0.0936. The van der Waals surface area contributed by atoms with Crippen molar-refractivity contribution >= 4 is 11.6 Å². The van der Waals surface area contributed by atoms with E-state index in [0.717, 1.165) is 5.56 Å². The summed E-state index contributed by atoms with van der Waals surface area (Å²) < 4.78 is 32.7. The smallest absolute Gasteiger partial charge is 0.129 e. The molecular formula is C18H18ClF2NO. The topological polar surface area (TPSA) is 12.5 Å². The summed E-state index contributed by atoms with van der Waals surface area (Å²) in [6, 6.07) is 11.3. The van der Waals surface area contributed by atoms with Crippen molar-refractivity contribution in [3.63, 3.8) is 0 Å². The Morgan fingerprint density at radius 2 is 1.87 bits per heavy atom. The van der Waals surface area contributed by atoms with Gasteiger partial charge in [0.25, 0.3) is 0 Å². The van der Waals surface area contributed by atoms with Gasteiger partial charge in [0.15, 0.2) is 0 Å². The third-order valence-corrected chi connectivity index (χ3v) is 4.74. The van der Waals surface area contributed by atoms with E-state index in [2.05, 4.69) is 0 Å². The first kappa shape index (κ1) is 16.4. The Labute approximate surface area is 139 Å². The van der Waals surface area contributed by atoms with E-state index in [4.69, 9.17) is 16.3 Å². The Morgan fingerprint density at radius 1 is 1.13 bits per heavy atom. The van der Waals surface area contributed by atoms with E-state index in [1.54, 1.807) is 24.3 Å². The average Bonchev–Trinajstić information content (AvgIpc) is 3.01. The molecule has 0 spiro atoms. The van der Waals surface area contributed by atoms with Crippen LogP contribution in [0.5, 0.6) is 0 Å². The molecule has 0 saturated carbocycles. The molecule has 1 aliphatic rings. The highest BCUT2D eigenvalue weighted by Gasteiger charge is 2.33. The molecule has 1 saturated heterocycles. The van der Waals surface area contributed by atoms with Crippen LogP contribution < -0.4 is 0 Å². The van der Waals surface area contributed by atoms with Crippen LogP contribution in [0.25, 0.3) is 0 Å². The predicted molar refractivity (Wildman–Crippen MR) is 86.6 cm³/mol. The molecule has 5 heteroatoms. The van der Waals surface area contributed by atoms with Crippen molar-refractivity contribution in [2.24, 2.45) is 0 Å². The number of nitrogens with zero attached hydrogens (tertiary/aromatic N) is 1. The van der Waals surface area contributed by atoms with Crippen molar-refractivity contribution in [2.45, 2.75) is 18.5 Å². The lowest BCUT2D eigenvalue weighted by molar-refractivity contribution is 0.155. The molecule has 0 aliphatic carbocycles. The van der Waals surface area contributed by atoms with Gasteiger partial charge in [-0.3, -0.25) is 4.90 Å². The molecule has 122 valence electrons. The number of benzene rings is 2. The zero-order chi connectivity index (χ0) is 16.4. The van der Waals surface area contributed by atoms with Gasteiger partial charge in [0.1, 0.15) is 11.6 Å². The maximum absolute atomic E-state index is 14.0. The summed E-state index contributed by atoms with van der Waals surface area (Å²) in [6.07, 6.45) is 0. The van der Waals surface area contributed by atoms with E-state index in [0.29, 0.717) is 30.3 Å². The highest BCUT2D eigenvalue weighted by molar-refractivity contribution is 6.31. The first-order valence-electron chi connectivity index (χ1n) is 7.52. The monoisotopic (exact) mass is 337 g/mol. The Balaban J connectivity index is 1.78. The van der Waals surface area contributed by atoms with Crippen molar-refractivity contribution in [2.75, 3.05) is 20.3 Å². The van der Waals surface area contributed by atoms with Crippen LogP contribution in [0.1, 0.15) is 17.0 Å². The van der Waals surface area contributed by atoms with Gasteiger partial charge in [0.2, 0.25) is 0 Å². The summed E-state index contributed by atoms with van der Waals surface area (Å²) in [4.78, 5) is 2.05. The van der Waals surface area contributed by atoms with Crippen molar-refractivity contribution < 1.29 is 13.5 Å². The molecule has 1 fully saturated rings. The molecule has 0 aromatic heterocycles. The van der Waals surface area contributed by atoms with Gasteiger partial charge in [-0.15, -0.1) is 0 Å². The summed E-state index contributed by atoms with van der Waals surface area (Å²) in [5.74, 6) is -0.427. The summed E-state index contributed by atoms with van der Waals surface area (Å²) in [5.41, 5.74) is 1.52. The molecule has 0 bridgehead atoms. The molecule has 1 aliphatic heterocycles. The molecule has 1 heterocycles. The fraction of sp³-hybridized carbons (Fsp3) is 0.333. The lowest BCUT2D eigenvalue weighted by Crippen LogP contribution is -2.36. The number of halogens is 3. The van der Waals surface area contributed by atoms with E-state index in [9.17, 15) is 8.78 Å². The second-order valence-corrected chi connectivity index (χ2v) is 6.29. The molecule has 2 aromatic rings. The molecule has 0 N–H and O–H groups in total. The fourth-order valence-corrected chi connectivity index (χ4v) is 3.28. The van der Waals surface area contributed by atoms with E-state index in [1.807, 2.05) is 11.9 Å². The van der Waals surface area contributed by atoms with Gasteiger partial charge in [0.05, 0.1) is 13.2 Å². The Kier molecular flexibility index (Phi) is 4.95. The maximum Gasteiger partial charge on any atom is 0.129 e. The zero-order valence-electron chi connectivity index (χ0n) is 12.8. The zero-order valence-corrected chi connectivity index (χ0v) is 13.6. The molecule has 2 atom stereocenters. The summed E-state index contributed by atoms with van der Waals surface area (Å²) in [5, 5.41) is 0.425. The number of ether oxygens (including phenoxy) is 1. The summed E-state index contributed by atoms with van der Waals surface area (Å²) in [7, 11) is 1.93. The van der Waals surface area contributed by atoms with Crippen LogP contribution in [-0.4, -0.2) is 31.2 Å². The van der Waals surface area contributed by atoms with E-state index < -0.39 is 0 Å². The Morgan fingerprint density at radius 3 is 2.57 bits per heavy atom. The molecule has 0 radical (unpaired) electrons. The van der Waals surface area contributed by atoms with Crippen LogP contribution >= 0.6 is 11.6 Å². The molecule has 3 rings (SSSR count). The van der Waals surface area contributed by atoms with Crippen molar-refractivity contribution in [1.29, 1.82) is 0 Å². The van der Waals surface area contributed by atoms with Gasteiger partial charge < -0.3 is 4.74 Å². The van der Waals surface area contributed by atoms with Crippen LogP contribution in [0.2, 0.25) is 5.02 Å². The minimum Gasteiger partial charge on any atom is -0.379 e. The second kappa shape index (κ2) is 6.95. The first-order chi connectivity index (χ1) is 11.1. The third-order valence-electron chi connectivity index (χ3n) is 4.38. The van der Waals surface area contributed by atoms with Gasteiger partial charge in [-0.2, -0.15) is 0 Å². The highest BCUT2D eigenvalue weighted by atomic mass is 35.5. The van der Waals surface area contributed by atoms with E-state index in [1.165, 1.54) is 18.2 Å². The minimum atomic E-state index is -0.304. The molecule has 0 amide bonds. The lowest BCUT2D eigenvalue weighted by Gasteiger charge is -2.28. The molecular weight excluding hydrogens is 320 g/mol. The Hall–Kier alpha value is -1.49. The highest BCUT2D eigenvalue weighted by Crippen LogP contribution is 2.31. The standard InChI is InChI=1S/C18H18ClF2NO/c1-22(9-14-16(19)3-2-4-17(14)21)18-11-23-10-15(18)12-5-7-13(20)8-6-12/h2-8,15,18H,9-11H2,1H3/t15-,18+/m0/s1. The second-order valence-electron chi connectivity index (χ2n) is 5.88.